The third-order valence-electron chi connectivity index (χ3n) is 4.24. The van der Waals surface area contributed by atoms with Crippen LogP contribution in [0.15, 0.2) is 0 Å². The Balaban J connectivity index is 4.77. The van der Waals surface area contributed by atoms with Crippen molar-refractivity contribution in [3.63, 3.8) is 0 Å². The third kappa shape index (κ3) is 10.8. The van der Waals surface area contributed by atoms with Gasteiger partial charge in [0.25, 0.3) is 0 Å². The Hall–Kier alpha value is -0.900. The van der Waals surface area contributed by atoms with E-state index in [1.54, 1.807) is 14.0 Å². The van der Waals surface area contributed by atoms with Crippen molar-refractivity contribution < 1.29 is 14.3 Å². The summed E-state index contributed by atoms with van der Waals surface area (Å²) in [7, 11) is 1.67. The highest BCUT2D eigenvalue weighted by Gasteiger charge is 2.32. The Morgan fingerprint density at radius 2 is 1.67 bits per heavy atom. The van der Waals surface area contributed by atoms with Crippen LogP contribution in [0, 0.1) is 16.7 Å². The molecule has 0 radical (unpaired) electrons. The molecule has 0 N–H and O–H groups in total. The number of ketones is 1. The quantitative estimate of drug-likeness (QED) is 0.531. The molecular formula is C20H39NO3. The van der Waals surface area contributed by atoms with Crippen molar-refractivity contribution in [2.75, 3.05) is 26.8 Å². The highest BCUT2D eigenvalue weighted by Crippen LogP contribution is 2.39. The Morgan fingerprint density at radius 3 is 2.12 bits per heavy atom. The first-order valence-corrected chi connectivity index (χ1v) is 9.15. The van der Waals surface area contributed by atoms with Crippen LogP contribution in [-0.2, 0) is 14.3 Å². The second-order valence-electron chi connectivity index (χ2n) is 9.11. The molecule has 0 aromatic carbocycles. The van der Waals surface area contributed by atoms with Crippen LogP contribution in [0.1, 0.15) is 74.1 Å². The van der Waals surface area contributed by atoms with Gasteiger partial charge in [-0.2, -0.15) is 0 Å². The lowest BCUT2D eigenvalue weighted by Gasteiger charge is -2.36. The van der Waals surface area contributed by atoms with Crippen LogP contribution in [-0.4, -0.2) is 43.4 Å². The minimum Gasteiger partial charge on any atom is -0.383 e. The second-order valence-corrected chi connectivity index (χ2v) is 9.11. The molecule has 0 saturated heterocycles. The minimum atomic E-state index is -0.0837. The van der Waals surface area contributed by atoms with E-state index in [1.165, 1.54) is 0 Å². The number of amides is 1. The normalized spacial score (nSPS) is 12.5. The van der Waals surface area contributed by atoms with E-state index in [0.717, 1.165) is 19.4 Å². The van der Waals surface area contributed by atoms with Crippen LogP contribution >= 0.6 is 0 Å². The number of hydrogen-bond acceptors (Lipinski definition) is 3. The summed E-state index contributed by atoms with van der Waals surface area (Å²) in [5.41, 5.74) is -0.0233. The number of rotatable bonds is 12. The molecule has 24 heavy (non-hydrogen) atoms. The summed E-state index contributed by atoms with van der Waals surface area (Å²) in [4.78, 5) is 26.0. The summed E-state index contributed by atoms with van der Waals surface area (Å²) in [5, 5.41) is 0. The van der Waals surface area contributed by atoms with Crippen LogP contribution in [0.2, 0.25) is 0 Å². The van der Waals surface area contributed by atoms with Crippen LogP contribution in [0.5, 0.6) is 0 Å². The molecule has 0 aliphatic heterocycles. The number of nitrogens with zero attached hydrogens (tertiary/aromatic N) is 1. The standard InChI is InChI=1S/C20H39NO3/c1-16(2)14-21(11-12-24-8)18(23)13-20(6,7)15-19(4,5)10-9-17(3)22/h16H,9-15H2,1-8H3. The molecule has 0 aliphatic rings. The topological polar surface area (TPSA) is 46.6 Å². The van der Waals surface area contributed by atoms with Gasteiger partial charge in [0.1, 0.15) is 5.78 Å². The van der Waals surface area contributed by atoms with Gasteiger partial charge in [0, 0.05) is 33.0 Å². The SMILES string of the molecule is COCCN(CC(C)C)C(=O)CC(C)(C)CC(C)(C)CCC(C)=O. The molecule has 0 unspecified atom stereocenters. The highest BCUT2D eigenvalue weighted by molar-refractivity contribution is 5.77. The Labute approximate surface area is 149 Å². The van der Waals surface area contributed by atoms with Crippen LogP contribution in [0.25, 0.3) is 0 Å². The fourth-order valence-corrected chi connectivity index (χ4v) is 3.44. The van der Waals surface area contributed by atoms with E-state index in [9.17, 15) is 9.59 Å². The van der Waals surface area contributed by atoms with Gasteiger partial charge < -0.3 is 14.4 Å². The fourth-order valence-electron chi connectivity index (χ4n) is 3.44. The fraction of sp³-hybridized carbons (Fsp3) is 0.900. The van der Waals surface area contributed by atoms with E-state index >= 15 is 0 Å². The summed E-state index contributed by atoms with van der Waals surface area (Å²) in [6.07, 6.45) is 2.95. The maximum atomic E-state index is 12.8. The molecule has 0 aliphatic carbocycles. The molecule has 0 aromatic rings. The number of carbonyl (C=O) groups is 2. The van der Waals surface area contributed by atoms with Gasteiger partial charge in [-0.25, -0.2) is 0 Å². The van der Waals surface area contributed by atoms with Crippen molar-refractivity contribution in [2.24, 2.45) is 16.7 Å². The minimum absolute atomic E-state index is 0.0604. The zero-order valence-corrected chi connectivity index (χ0v) is 17.2. The maximum absolute atomic E-state index is 12.8. The molecule has 0 aromatic heterocycles. The summed E-state index contributed by atoms with van der Waals surface area (Å²) in [5.74, 6) is 0.883. The summed E-state index contributed by atoms with van der Waals surface area (Å²) < 4.78 is 5.14. The third-order valence-corrected chi connectivity index (χ3v) is 4.24. The summed E-state index contributed by atoms with van der Waals surface area (Å²) in [6, 6.07) is 0. The predicted octanol–water partition coefficient (Wildman–Crippen LogP) is 4.32. The van der Waals surface area contributed by atoms with Gasteiger partial charge in [0.15, 0.2) is 0 Å². The number of carbonyl (C=O) groups excluding carboxylic acids is 2. The van der Waals surface area contributed by atoms with E-state index < -0.39 is 0 Å². The average molecular weight is 342 g/mol. The summed E-state index contributed by atoms with van der Waals surface area (Å²) in [6.45, 7) is 16.6. The summed E-state index contributed by atoms with van der Waals surface area (Å²) >= 11 is 0. The molecule has 4 heteroatoms. The van der Waals surface area contributed by atoms with Gasteiger partial charge in [-0.05, 0) is 36.5 Å². The molecular weight excluding hydrogens is 302 g/mol. The maximum Gasteiger partial charge on any atom is 0.223 e. The van der Waals surface area contributed by atoms with E-state index in [4.69, 9.17) is 4.74 Å². The molecule has 4 nitrogen and oxygen atoms in total. The molecule has 0 saturated carbocycles. The Morgan fingerprint density at radius 1 is 1.08 bits per heavy atom. The number of ether oxygens (including phenoxy) is 1. The van der Waals surface area contributed by atoms with E-state index in [-0.39, 0.29) is 22.5 Å². The van der Waals surface area contributed by atoms with Crippen molar-refractivity contribution in [3.05, 3.63) is 0 Å². The number of Topliss-reactive ketones (excluding diaryl/α,β-unsaturated/α-hetero) is 1. The van der Waals surface area contributed by atoms with Crippen molar-refractivity contribution in [1.82, 2.24) is 4.90 Å². The highest BCUT2D eigenvalue weighted by atomic mass is 16.5. The molecule has 0 bridgehead atoms. The molecule has 0 spiro atoms. The molecule has 0 heterocycles. The van der Waals surface area contributed by atoms with Crippen molar-refractivity contribution in [1.29, 1.82) is 0 Å². The van der Waals surface area contributed by atoms with Crippen LogP contribution < -0.4 is 0 Å². The molecule has 142 valence electrons. The zero-order valence-electron chi connectivity index (χ0n) is 17.2. The largest absolute Gasteiger partial charge is 0.383 e. The van der Waals surface area contributed by atoms with Gasteiger partial charge in [-0.15, -0.1) is 0 Å². The van der Waals surface area contributed by atoms with Gasteiger partial charge in [-0.3, -0.25) is 4.79 Å². The number of hydrogen-bond donors (Lipinski definition) is 0. The molecule has 0 atom stereocenters. The van der Waals surface area contributed by atoms with E-state index in [0.29, 0.717) is 31.9 Å². The van der Waals surface area contributed by atoms with Gasteiger partial charge in [0.05, 0.1) is 6.61 Å². The van der Waals surface area contributed by atoms with E-state index in [2.05, 4.69) is 41.5 Å². The number of methoxy groups -OCH3 is 1. The molecule has 0 fully saturated rings. The van der Waals surface area contributed by atoms with Crippen molar-refractivity contribution >= 4 is 11.7 Å². The lowest BCUT2D eigenvalue weighted by atomic mass is 9.71. The van der Waals surface area contributed by atoms with Gasteiger partial charge in [-0.1, -0.05) is 41.5 Å². The van der Waals surface area contributed by atoms with Crippen molar-refractivity contribution in [3.8, 4) is 0 Å². The monoisotopic (exact) mass is 341 g/mol. The first-order valence-electron chi connectivity index (χ1n) is 9.15. The van der Waals surface area contributed by atoms with Gasteiger partial charge in [0.2, 0.25) is 5.91 Å². The average Bonchev–Trinajstić information content (AvgIpc) is 2.39. The lowest BCUT2D eigenvalue weighted by molar-refractivity contribution is -0.135. The van der Waals surface area contributed by atoms with Crippen LogP contribution in [0.4, 0.5) is 0 Å². The Kier molecular flexibility index (Phi) is 9.79. The van der Waals surface area contributed by atoms with Gasteiger partial charge >= 0.3 is 0 Å². The first kappa shape index (κ1) is 23.1. The predicted molar refractivity (Wildman–Crippen MR) is 100 cm³/mol. The molecule has 1 amide bonds. The lowest BCUT2D eigenvalue weighted by Crippen LogP contribution is -2.39. The van der Waals surface area contributed by atoms with Crippen molar-refractivity contribution in [2.45, 2.75) is 74.1 Å². The van der Waals surface area contributed by atoms with E-state index in [1.807, 2.05) is 4.90 Å². The Bertz CT molecular complexity index is 400. The first-order chi connectivity index (χ1) is 10.9. The van der Waals surface area contributed by atoms with Crippen LogP contribution in [0.3, 0.4) is 0 Å². The zero-order chi connectivity index (χ0) is 19.0. The molecule has 0 rings (SSSR count). The second kappa shape index (κ2) is 10.2. The smallest absolute Gasteiger partial charge is 0.223 e.